The van der Waals surface area contributed by atoms with Gasteiger partial charge in [-0.25, -0.2) is 8.42 Å². The van der Waals surface area contributed by atoms with Crippen LogP contribution in [0.4, 0.5) is 0 Å². The van der Waals surface area contributed by atoms with E-state index in [-0.39, 0.29) is 10.6 Å². The first-order valence-electron chi connectivity index (χ1n) is 5.19. The van der Waals surface area contributed by atoms with Gasteiger partial charge in [0.1, 0.15) is 10.6 Å². The SMILES string of the molecule is O=S(=O)(Cl)c1c(OCCBr)ccc2ccccc12. The van der Waals surface area contributed by atoms with Crippen LogP contribution >= 0.6 is 26.6 Å². The lowest BCUT2D eigenvalue weighted by molar-refractivity contribution is 0.337. The minimum absolute atomic E-state index is 0.0308. The van der Waals surface area contributed by atoms with E-state index in [2.05, 4.69) is 15.9 Å². The van der Waals surface area contributed by atoms with Gasteiger partial charge < -0.3 is 4.74 Å². The molecule has 0 aliphatic carbocycles. The van der Waals surface area contributed by atoms with Crippen molar-refractivity contribution in [3.05, 3.63) is 36.4 Å². The third kappa shape index (κ3) is 2.79. The van der Waals surface area contributed by atoms with Crippen molar-refractivity contribution in [2.24, 2.45) is 0 Å². The number of benzene rings is 2. The quantitative estimate of drug-likeness (QED) is 0.626. The summed E-state index contributed by atoms with van der Waals surface area (Å²) in [6.07, 6.45) is 0. The molecule has 2 rings (SSSR count). The zero-order valence-corrected chi connectivity index (χ0v) is 12.4. The normalized spacial score (nSPS) is 11.7. The van der Waals surface area contributed by atoms with Crippen molar-refractivity contribution in [3.8, 4) is 5.75 Å². The fourth-order valence-electron chi connectivity index (χ4n) is 1.74. The molecule has 0 atom stereocenters. The highest BCUT2D eigenvalue weighted by molar-refractivity contribution is 9.09. The van der Waals surface area contributed by atoms with Crippen LogP contribution in [0.2, 0.25) is 0 Å². The Morgan fingerprint density at radius 1 is 1.17 bits per heavy atom. The molecule has 0 amide bonds. The average molecular weight is 350 g/mol. The van der Waals surface area contributed by atoms with Crippen LogP contribution in [-0.4, -0.2) is 20.4 Å². The van der Waals surface area contributed by atoms with Crippen LogP contribution in [0.15, 0.2) is 41.3 Å². The first kappa shape index (κ1) is 13.6. The van der Waals surface area contributed by atoms with Gasteiger partial charge in [0.2, 0.25) is 0 Å². The summed E-state index contributed by atoms with van der Waals surface area (Å²) in [6.45, 7) is 0.373. The van der Waals surface area contributed by atoms with Gasteiger partial charge >= 0.3 is 0 Å². The molecule has 0 spiro atoms. The van der Waals surface area contributed by atoms with Crippen LogP contribution in [0.5, 0.6) is 5.75 Å². The zero-order valence-electron chi connectivity index (χ0n) is 9.27. The van der Waals surface area contributed by atoms with E-state index in [4.69, 9.17) is 15.4 Å². The second-order valence-corrected chi connectivity index (χ2v) is 6.89. The van der Waals surface area contributed by atoms with Crippen molar-refractivity contribution in [1.82, 2.24) is 0 Å². The van der Waals surface area contributed by atoms with Crippen molar-refractivity contribution in [2.75, 3.05) is 11.9 Å². The summed E-state index contributed by atoms with van der Waals surface area (Å²) in [5.74, 6) is 0.281. The first-order chi connectivity index (χ1) is 8.54. The topological polar surface area (TPSA) is 43.4 Å². The number of hydrogen-bond acceptors (Lipinski definition) is 3. The maximum absolute atomic E-state index is 11.7. The minimum Gasteiger partial charge on any atom is -0.491 e. The van der Waals surface area contributed by atoms with Crippen molar-refractivity contribution < 1.29 is 13.2 Å². The fraction of sp³-hybridized carbons (Fsp3) is 0.167. The molecule has 2 aromatic carbocycles. The van der Waals surface area contributed by atoms with E-state index in [1.807, 2.05) is 18.2 Å². The van der Waals surface area contributed by atoms with Crippen molar-refractivity contribution >= 4 is 46.4 Å². The molecule has 6 heteroatoms. The Morgan fingerprint density at radius 2 is 1.89 bits per heavy atom. The Labute approximate surface area is 118 Å². The van der Waals surface area contributed by atoms with Gasteiger partial charge in [0, 0.05) is 21.4 Å². The van der Waals surface area contributed by atoms with Gasteiger partial charge in [-0.3, -0.25) is 0 Å². The first-order valence-corrected chi connectivity index (χ1v) is 8.62. The standard InChI is InChI=1S/C12H10BrClO3S/c13-7-8-17-11-6-5-9-3-1-2-4-10(9)12(11)18(14,15)16/h1-6H,7-8H2. The summed E-state index contributed by atoms with van der Waals surface area (Å²) in [7, 11) is 1.64. The molecule has 0 aliphatic heterocycles. The minimum atomic E-state index is -3.86. The molecule has 0 aromatic heterocycles. The predicted molar refractivity (Wildman–Crippen MR) is 76.3 cm³/mol. The van der Waals surface area contributed by atoms with Crippen LogP contribution in [0.3, 0.4) is 0 Å². The Bertz CT molecular complexity index is 670. The highest BCUT2D eigenvalue weighted by Crippen LogP contribution is 2.34. The molecule has 96 valence electrons. The van der Waals surface area contributed by atoms with Crippen molar-refractivity contribution in [2.45, 2.75) is 4.90 Å². The summed E-state index contributed by atoms with van der Waals surface area (Å²) in [5.41, 5.74) is 0. The maximum atomic E-state index is 11.7. The Hall–Kier alpha value is -0.780. The molecular weight excluding hydrogens is 340 g/mol. The number of rotatable bonds is 4. The van der Waals surface area contributed by atoms with Gasteiger partial charge in [-0.2, -0.15) is 0 Å². The average Bonchev–Trinajstić information content (AvgIpc) is 2.34. The summed E-state index contributed by atoms with van der Waals surface area (Å²) in [5, 5.41) is 1.99. The summed E-state index contributed by atoms with van der Waals surface area (Å²) in [4.78, 5) is 0.0308. The molecule has 18 heavy (non-hydrogen) atoms. The van der Waals surface area contributed by atoms with Crippen LogP contribution in [-0.2, 0) is 9.05 Å². The van der Waals surface area contributed by atoms with Gasteiger partial charge in [0.15, 0.2) is 0 Å². The molecular formula is C12H10BrClO3S. The van der Waals surface area contributed by atoms with Crippen LogP contribution in [0.1, 0.15) is 0 Å². The predicted octanol–water partition coefficient (Wildman–Crippen LogP) is 3.54. The third-order valence-electron chi connectivity index (χ3n) is 2.42. The molecule has 0 heterocycles. The van der Waals surface area contributed by atoms with E-state index in [1.165, 1.54) is 0 Å². The third-order valence-corrected chi connectivity index (χ3v) is 4.12. The van der Waals surface area contributed by atoms with Crippen molar-refractivity contribution in [3.63, 3.8) is 0 Å². The van der Waals surface area contributed by atoms with E-state index >= 15 is 0 Å². The van der Waals surface area contributed by atoms with E-state index in [9.17, 15) is 8.42 Å². The molecule has 2 aromatic rings. The molecule has 0 saturated heterocycles. The number of ether oxygens (including phenoxy) is 1. The smallest absolute Gasteiger partial charge is 0.265 e. The molecule has 0 fully saturated rings. The van der Waals surface area contributed by atoms with E-state index < -0.39 is 9.05 Å². The summed E-state index contributed by atoms with van der Waals surface area (Å²) < 4.78 is 28.8. The Kier molecular flexibility index (Phi) is 4.14. The molecule has 0 unspecified atom stereocenters. The van der Waals surface area contributed by atoms with E-state index in [0.717, 1.165) is 5.39 Å². The van der Waals surface area contributed by atoms with Gasteiger partial charge in [0.25, 0.3) is 9.05 Å². The molecule has 0 radical (unpaired) electrons. The van der Waals surface area contributed by atoms with E-state index in [0.29, 0.717) is 17.3 Å². The lowest BCUT2D eigenvalue weighted by Gasteiger charge is -2.11. The van der Waals surface area contributed by atoms with Gasteiger partial charge in [0.05, 0.1) is 6.61 Å². The van der Waals surface area contributed by atoms with E-state index in [1.54, 1.807) is 18.2 Å². The van der Waals surface area contributed by atoms with Gasteiger partial charge in [-0.1, -0.05) is 46.3 Å². The van der Waals surface area contributed by atoms with Crippen LogP contribution in [0.25, 0.3) is 10.8 Å². The van der Waals surface area contributed by atoms with Crippen LogP contribution < -0.4 is 4.74 Å². The lowest BCUT2D eigenvalue weighted by Crippen LogP contribution is -2.03. The monoisotopic (exact) mass is 348 g/mol. The molecule has 0 saturated carbocycles. The second kappa shape index (κ2) is 5.47. The summed E-state index contributed by atoms with van der Waals surface area (Å²) in [6, 6.07) is 10.6. The molecule has 0 N–H and O–H groups in total. The van der Waals surface area contributed by atoms with Gasteiger partial charge in [-0.05, 0) is 11.5 Å². The second-order valence-electron chi connectivity index (χ2n) is 3.59. The number of alkyl halides is 1. The highest BCUT2D eigenvalue weighted by Gasteiger charge is 2.20. The fourth-order valence-corrected chi connectivity index (χ4v) is 3.19. The highest BCUT2D eigenvalue weighted by atomic mass is 79.9. The van der Waals surface area contributed by atoms with Gasteiger partial charge in [-0.15, -0.1) is 0 Å². The number of fused-ring (bicyclic) bond motifs is 1. The Morgan fingerprint density at radius 3 is 2.56 bits per heavy atom. The molecule has 3 nitrogen and oxygen atoms in total. The molecule has 0 aliphatic rings. The molecule has 0 bridgehead atoms. The zero-order chi connectivity index (χ0) is 13.2. The lowest BCUT2D eigenvalue weighted by atomic mass is 10.1. The maximum Gasteiger partial charge on any atom is 0.265 e. The number of hydrogen-bond donors (Lipinski definition) is 0. The summed E-state index contributed by atoms with van der Waals surface area (Å²) >= 11 is 3.22. The largest absolute Gasteiger partial charge is 0.491 e. The van der Waals surface area contributed by atoms with Crippen molar-refractivity contribution in [1.29, 1.82) is 0 Å². The Balaban J connectivity index is 2.72. The number of halogens is 2. The van der Waals surface area contributed by atoms with Crippen LogP contribution in [0, 0.1) is 0 Å².